The molecule has 0 rings (SSSR count). The molecule has 0 aliphatic heterocycles. The standard InChI is InChI=1S/C13H30N2O2S/c1-12(2,3)11-13(4,5)15-18(16,17)10-8-7-9-14-6/h14-15H,7-11H2,1-6H3. The topological polar surface area (TPSA) is 58.2 Å². The Balaban J connectivity index is 4.30. The number of sulfonamides is 1. The molecule has 0 aromatic heterocycles. The highest BCUT2D eigenvalue weighted by molar-refractivity contribution is 7.89. The molecule has 4 nitrogen and oxygen atoms in total. The Labute approximate surface area is 113 Å². The third kappa shape index (κ3) is 9.85. The van der Waals surface area contributed by atoms with E-state index in [0.717, 1.165) is 19.4 Å². The van der Waals surface area contributed by atoms with E-state index in [-0.39, 0.29) is 16.7 Å². The molecule has 0 aromatic rings. The molecule has 0 amide bonds. The Morgan fingerprint density at radius 2 is 1.56 bits per heavy atom. The van der Waals surface area contributed by atoms with Crippen LogP contribution in [0, 0.1) is 5.41 Å². The summed E-state index contributed by atoms with van der Waals surface area (Å²) in [5.41, 5.74) is -0.280. The van der Waals surface area contributed by atoms with Crippen LogP contribution in [0.15, 0.2) is 0 Å². The lowest BCUT2D eigenvalue weighted by atomic mass is 9.82. The van der Waals surface area contributed by atoms with Crippen LogP contribution in [0.2, 0.25) is 0 Å². The van der Waals surface area contributed by atoms with Crippen molar-refractivity contribution in [3.63, 3.8) is 0 Å². The van der Waals surface area contributed by atoms with Gasteiger partial charge < -0.3 is 5.32 Å². The van der Waals surface area contributed by atoms with Gasteiger partial charge in [0, 0.05) is 5.54 Å². The van der Waals surface area contributed by atoms with Crippen LogP contribution in [0.25, 0.3) is 0 Å². The van der Waals surface area contributed by atoms with Gasteiger partial charge in [0.15, 0.2) is 0 Å². The Morgan fingerprint density at radius 3 is 2.00 bits per heavy atom. The smallest absolute Gasteiger partial charge is 0.212 e. The number of hydrogen-bond donors (Lipinski definition) is 2. The van der Waals surface area contributed by atoms with Crippen LogP contribution < -0.4 is 10.0 Å². The summed E-state index contributed by atoms with van der Waals surface area (Å²) in [6, 6.07) is 0. The summed E-state index contributed by atoms with van der Waals surface area (Å²) in [6.07, 6.45) is 2.40. The minimum absolute atomic E-state index is 0.109. The van der Waals surface area contributed by atoms with Crippen LogP contribution >= 0.6 is 0 Å². The Hall–Kier alpha value is -0.130. The summed E-state index contributed by atoms with van der Waals surface area (Å²) in [5.74, 6) is 0.211. The first kappa shape index (κ1) is 17.9. The molecule has 0 aromatic carbocycles. The lowest BCUT2D eigenvalue weighted by molar-refractivity contribution is 0.269. The largest absolute Gasteiger partial charge is 0.320 e. The zero-order valence-electron chi connectivity index (χ0n) is 12.8. The van der Waals surface area contributed by atoms with Crippen LogP contribution in [0.5, 0.6) is 0 Å². The van der Waals surface area contributed by atoms with Gasteiger partial charge in [0.25, 0.3) is 0 Å². The number of nitrogens with one attached hydrogen (secondary N) is 2. The van der Waals surface area contributed by atoms with Gasteiger partial charge in [0.2, 0.25) is 10.0 Å². The van der Waals surface area contributed by atoms with Crippen molar-refractivity contribution in [1.82, 2.24) is 10.0 Å². The molecule has 0 aliphatic rings. The van der Waals surface area contributed by atoms with Crippen LogP contribution in [0.1, 0.15) is 53.9 Å². The molecular formula is C13H30N2O2S. The molecule has 2 N–H and O–H groups in total. The number of rotatable bonds is 8. The van der Waals surface area contributed by atoms with Gasteiger partial charge in [0.05, 0.1) is 5.75 Å². The monoisotopic (exact) mass is 278 g/mol. The fourth-order valence-corrected chi connectivity index (χ4v) is 4.03. The molecule has 5 heteroatoms. The van der Waals surface area contributed by atoms with E-state index in [1.54, 1.807) is 0 Å². The van der Waals surface area contributed by atoms with Crippen molar-refractivity contribution in [2.24, 2.45) is 5.41 Å². The molecule has 0 saturated carbocycles. The molecule has 0 fully saturated rings. The summed E-state index contributed by atoms with van der Waals surface area (Å²) in [5, 5.41) is 3.02. The van der Waals surface area contributed by atoms with E-state index in [9.17, 15) is 8.42 Å². The SMILES string of the molecule is CNCCCCS(=O)(=O)NC(C)(C)CC(C)(C)C. The van der Waals surface area contributed by atoms with Crippen molar-refractivity contribution in [1.29, 1.82) is 0 Å². The van der Waals surface area contributed by atoms with Crippen LogP contribution in [-0.2, 0) is 10.0 Å². The second kappa shape index (κ2) is 6.87. The predicted molar refractivity (Wildman–Crippen MR) is 78.2 cm³/mol. The van der Waals surface area contributed by atoms with Crippen LogP contribution in [0.4, 0.5) is 0 Å². The third-order valence-electron chi connectivity index (χ3n) is 2.49. The highest BCUT2D eigenvalue weighted by Gasteiger charge is 2.29. The Kier molecular flexibility index (Phi) is 6.82. The van der Waals surface area contributed by atoms with Gasteiger partial charge in [-0.15, -0.1) is 0 Å². The molecule has 0 radical (unpaired) electrons. The summed E-state index contributed by atoms with van der Waals surface area (Å²) in [7, 11) is -1.30. The molecule has 0 aliphatic carbocycles. The van der Waals surface area contributed by atoms with Crippen molar-refractivity contribution < 1.29 is 8.42 Å². The van der Waals surface area contributed by atoms with E-state index >= 15 is 0 Å². The normalized spacial score (nSPS) is 13.9. The summed E-state index contributed by atoms with van der Waals surface area (Å²) < 4.78 is 26.7. The molecule has 0 saturated heterocycles. The van der Waals surface area contributed by atoms with E-state index in [0.29, 0.717) is 6.42 Å². The van der Waals surface area contributed by atoms with Crippen LogP contribution in [0.3, 0.4) is 0 Å². The van der Waals surface area contributed by atoms with Gasteiger partial charge in [-0.05, 0) is 52.1 Å². The van der Waals surface area contributed by atoms with Crippen molar-refractivity contribution in [2.45, 2.75) is 59.4 Å². The summed E-state index contributed by atoms with van der Waals surface area (Å²) >= 11 is 0. The Morgan fingerprint density at radius 1 is 1.00 bits per heavy atom. The highest BCUT2D eigenvalue weighted by atomic mass is 32.2. The van der Waals surface area contributed by atoms with Gasteiger partial charge in [0.1, 0.15) is 0 Å². The average molecular weight is 278 g/mol. The van der Waals surface area contributed by atoms with Gasteiger partial charge in [-0.25, -0.2) is 13.1 Å². The second-order valence-corrected chi connectivity index (χ2v) is 8.69. The summed E-state index contributed by atoms with van der Waals surface area (Å²) in [4.78, 5) is 0. The fraction of sp³-hybridized carbons (Fsp3) is 1.00. The maximum Gasteiger partial charge on any atom is 0.212 e. The van der Waals surface area contributed by atoms with E-state index in [1.165, 1.54) is 0 Å². The second-order valence-electron chi connectivity index (χ2n) is 6.85. The van der Waals surface area contributed by atoms with E-state index < -0.39 is 10.0 Å². The van der Waals surface area contributed by atoms with Crippen LogP contribution in [-0.4, -0.2) is 33.3 Å². The fourth-order valence-electron chi connectivity index (χ4n) is 2.43. The quantitative estimate of drug-likeness (QED) is 0.669. The molecule has 0 bridgehead atoms. The van der Waals surface area contributed by atoms with Crippen molar-refractivity contribution in [2.75, 3.05) is 19.3 Å². The van der Waals surface area contributed by atoms with Crippen molar-refractivity contribution in [3.05, 3.63) is 0 Å². The maximum absolute atomic E-state index is 12.0. The first-order chi connectivity index (χ1) is 7.97. The lowest BCUT2D eigenvalue weighted by Gasteiger charge is -2.33. The Bertz CT molecular complexity index is 329. The molecule has 110 valence electrons. The molecular weight excluding hydrogens is 248 g/mol. The van der Waals surface area contributed by atoms with Gasteiger partial charge >= 0.3 is 0 Å². The first-order valence-electron chi connectivity index (χ1n) is 6.64. The zero-order chi connectivity index (χ0) is 14.4. The number of hydrogen-bond acceptors (Lipinski definition) is 3. The molecule has 0 heterocycles. The molecule has 0 atom stereocenters. The number of unbranched alkanes of at least 4 members (excludes halogenated alkanes) is 1. The van der Waals surface area contributed by atoms with Crippen molar-refractivity contribution in [3.8, 4) is 0 Å². The van der Waals surface area contributed by atoms with Gasteiger partial charge in [-0.2, -0.15) is 0 Å². The maximum atomic E-state index is 12.0. The minimum atomic E-state index is -3.17. The van der Waals surface area contributed by atoms with E-state index in [4.69, 9.17) is 0 Å². The first-order valence-corrected chi connectivity index (χ1v) is 8.29. The zero-order valence-corrected chi connectivity index (χ0v) is 13.6. The summed E-state index contributed by atoms with van der Waals surface area (Å²) in [6.45, 7) is 11.1. The van der Waals surface area contributed by atoms with Gasteiger partial charge in [-0.3, -0.25) is 0 Å². The third-order valence-corrected chi connectivity index (χ3v) is 4.18. The molecule has 0 spiro atoms. The minimum Gasteiger partial charge on any atom is -0.320 e. The highest BCUT2D eigenvalue weighted by Crippen LogP contribution is 2.27. The van der Waals surface area contributed by atoms with Crippen molar-refractivity contribution >= 4 is 10.0 Å². The predicted octanol–water partition coefficient (Wildman–Crippen LogP) is 2.12. The molecule has 0 unspecified atom stereocenters. The van der Waals surface area contributed by atoms with Gasteiger partial charge in [-0.1, -0.05) is 20.8 Å². The molecule has 18 heavy (non-hydrogen) atoms. The van der Waals surface area contributed by atoms with E-state index in [1.807, 2.05) is 20.9 Å². The lowest BCUT2D eigenvalue weighted by Crippen LogP contribution is -2.46. The van der Waals surface area contributed by atoms with E-state index in [2.05, 4.69) is 30.8 Å². The average Bonchev–Trinajstić information content (AvgIpc) is 2.06.